The number of hydrogen-bond donors (Lipinski definition) is 3. The zero-order chi connectivity index (χ0) is 18.1. The van der Waals surface area contributed by atoms with E-state index in [1.807, 2.05) is 4.90 Å². The highest BCUT2D eigenvalue weighted by atomic mass is 16.4. The van der Waals surface area contributed by atoms with Gasteiger partial charge in [-0.3, -0.25) is 4.79 Å². The lowest BCUT2D eigenvalue weighted by molar-refractivity contribution is -0.137. The van der Waals surface area contributed by atoms with Crippen LogP contribution >= 0.6 is 0 Å². The SMILES string of the molecule is O=C(O)CCCCCC[C@@H]1CNC(=O)N1CC[C@@H](O)C1CCCCC1. The number of rotatable bonds is 11. The van der Waals surface area contributed by atoms with Crippen LogP contribution in [0.4, 0.5) is 4.79 Å². The number of amides is 2. The van der Waals surface area contributed by atoms with Crippen LogP contribution in [0.15, 0.2) is 0 Å². The van der Waals surface area contributed by atoms with Gasteiger partial charge in [0.25, 0.3) is 0 Å². The van der Waals surface area contributed by atoms with Crippen LogP contribution in [0, 0.1) is 5.92 Å². The Morgan fingerprint density at radius 3 is 2.60 bits per heavy atom. The fourth-order valence-electron chi connectivity index (χ4n) is 4.16. The predicted octanol–water partition coefficient (Wildman–Crippen LogP) is 3.14. The summed E-state index contributed by atoms with van der Waals surface area (Å²) >= 11 is 0. The van der Waals surface area contributed by atoms with Gasteiger partial charge in [-0.2, -0.15) is 0 Å². The van der Waals surface area contributed by atoms with E-state index < -0.39 is 5.97 Å². The zero-order valence-corrected chi connectivity index (χ0v) is 15.3. The van der Waals surface area contributed by atoms with Gasteiger partial charge in [-0.05, 0) is 38.0 Å². The summed E-state index contributed by atoms with van der Waals surface area (Å²) in [5, 5.41) is 22.0. The van der Waals surface area contributed by atoms with Crippen molar-refractivity contribution in [3.8, 4) is 0 Å². The Balaban J connectivity index is 1.65. The summed E-state index contributed by atoms with van der Waals surface area (Å²) in [5.74, 6) is -0.319. The molecule has 0 aromatic rings. The van der Waals surface area contributed by atoms with Crippen molar-refractivity contribution in [1.29, 1.82) is 0 Å². The standard InChI is InChI=1S/C19H34N2O4/c22-17(15-8-4-3-5-9-15)12-13-21-16(14-20-19(21)25)10-6-1-2-7-11-18(23)24/h15-17,22H,1-14H2,(H,20,25)(H,23,24)/t16-,17-/m1/s1. The number of aliphatic hydroxyl groups excluding tert-OH is 1. The number of aliphatic hydroxyl groups is 1. The molecule has 0 spiro atoms. The number of carboxylic acids is 1. The summed E-state index contributed by atoms with van der Waals surface area (Å²) in [6.45, 7) is 1.32. The molecule has 1 heterocycles. The van der Waals surface area contributed by atoms with E-state index in [0.717, 1.165) is 44.9 Å². The maximum absolute atomic E-state index is 12.1. The Hall–Kier alpha value is -1.30. The van der Waals surface area contributed by atoms with E-state index in [1.54, 1.807) is 0 Å². The quantitative estimate of drug-likeness (QED) is 0.497. The van der Waals surface area contributed by atoms with E-state index in [0.29, 0.717) is 25.4 Å². The first kappa shape index (κ1) is 20.0. The molecule has 0 unspecified atom stereocenters. The third kappa shape index (κ3) is 6.84. The molecule has 2 rings (SSSR count). The summed E-state index contributed by atoms with van der Waals surface area (Å²) in [6, 6.07) is 0.206. The Labute approximate surface area is 151 Å². The van der Waals surface area contributed by atoms with Gasteiger partial charge in [0.05, 0.1) is 12.1 Å². The Kier molecular flexibility index (Phi) is 8.52. The molecule has 2 aliphatic rings. The fourth-order valence-corrected chi connectivity index (χ4v) is 4.16. The van der Waals surface area contributed by atoms with E-state index in [4.69, 9.17) is 5.11 Å². The third-order valence-corrected chi connectivity index (χ3v) is 5.73. The molecule has 0 bridgehead atoms. The smallest absolute Gasteiger partial charge is 0.317 e. The molecule has 1 saturated carbocycles. The normalized spacial score (nSPS) is 22.8. The number of carbonyl (C=O) groups is 2. The number of hydrogen-bond acceptors (Lipinski definition) is 3. The molecule has 0 aromatic carbocycles. The molecule has 3 N–H and O–H groups in total. The zero-order valence-electron chi connectivity index (χ0n) is 15.3. The number of nitrogens with one attached hydrogen (secondary N) is 1. The second kappa shape index (κ2) is 10.6. The van der Waals surface area contributed by atoms with Gasteiger partial charge in [-0.1, -0.05) is 38.5 Å². The minimum Gasteiger partial charge on any atom is -0.481 e. The maximum Gasteiger partial charge on any atom is 0.317 e. The molecule has 0 radical (unpaired) electrons. The van der Waals surface area contributed by atoms with Gasteiger partial charge in [0.15, 0.2) is 0 Å². The molecule has 2 amide bonds. The molecule has 1 aliphatic heterocycles. The third-order valence-electron chi connectivity index (χ3n) is 5.73. The second-order valence-corrected chi connectivity index (χ2v) is 7.63. The topological polar surface area (TPSA) is 89.9 Å². The number of carbonyl (C=O) groups excluding carboxylic acids is 1. The molecule has 6 heteroatoms. The van der Waals surface area contributed by atoms with E-state index in [1.165, 1.54) is 19.3 Å². The Morgan fingerprint density at radius 1 is 1.16 bits per heavy atom. The summed E-state index contributed by atoms with van der Waals surface area (Å²) < 4.78 is 0. The van der Waals surface area contributed by atoms with Gasteiger partial charge in [-0.15, -0.1) is 0 Å². The van der Waals surface area contributed by atoms with Gasteiger partial charge < -0.3 is 20.4 Å². The minimum absolute atomic E-state index is 0.00767. The molecule has 0 aromatic heterocycles. The maximum atomic E-state index is 12.1. The molecule has 144 valence electrons. The average molecular weight is 354 g/mol. The van der Waals surface area contributed by atoms with Gasteiger partial charge in [0.1, 0.15) is 0 Å². The largest absolute Gasteiger partial charge is 0.481 e. The monoisotopic (exact) mass is 354 g/mol. The average Bonchev–Trinajstić information content (AvgIpc) is 2.96. The van der Waals surface area contributed by atoms with Crippen molar-refractivity contribution in [1.82, 2.24) is 10.2 Å². The number of urea groups is 1. The highest BCUT2D eigenvalue weighted by Gasteiger charge is 2.31. The van der Waals surface area contributed by atoms with E-state index in [9.17, 15) is 14.7 Å². The van der Waals surface area contributed by atoms with Crippen LogP contribution in [-0.4, -0.2) is 52.3 Å². The van der Waals surface area contributed by atoms with Crippen molar-refractivity contribution >= 4 is 12.0 Å². The van der Waals surface area contributed by atoms with Crippen molar-refractivity contribution in [2.75, 3.05) is 13.1 Å². The predicted molar refractivity (Wildman–Crippen MR) is 96.4 cm³/mol. The first-order valence-corrected chi connectivity index (χ1v) is 10.0. The van der Waals surface area contributed by atoms with Crippen LogP contribution in [0.5, 0.6) is 0 Å². The first-order chi connectivity index (χ1) is 12.1. The lowest BCUT2D eigenvalue weighted by Crippen LogP contribution is -2.37. The van der Waals surface area contributed by atoms with Crippen LogP contribution in [0.25, 0.3) is 0 Å². The number of aliphatic carboxylic acids is 1. The molecule has 25 heavy (non-hydrogen) atoms. The molecule has 1 saturated heterocycles. The Bertz CT molecular complexity index is 424. The van der Waals surface area contributed by atoms with Crippen molar-refractivity contribution in [2.24, 2.45) is 5.92 Å². The van der Waals surface area contributed by atoms with E-state index in [-0.39, 0.29) is 24.6 Å². The molecular weight excluding hydrogens is 320 g/mol. The number of nitrogens with zero attached hydrogens (tertiary/aromatic N) is 1. The second-order valence-electron chi connectivity index (χ2n) is 7.63. The molecule has 1 aliphatic carbocycles. The summed E-state index contributed by atoms with van der Waals surface area (Å²) in [4.78, 5) is 24.4. The van der Waals surface area contributed by atoms with Crippen LogP contribution in [0.3, 0.4) is 0 Å². The van der Waals surface area contributed by atoms with Crippen molar-refractivity contribution in [3.05, 3.63) is 0 Å². The molecule has 2 fully saturated rings. The first-order valence-electron chi connectivity index (χ1n) is 10.0. The van der Waals surface area contributed by atoms with Crippen molar-refractivity contribution in [3.63, 3.8) is 0 Å². The lowest BCUT2D eigenvalue weighted by Gasteiger charge is -2.29. The van der Waals surface area contributed by atoms with Crippen LogP contribution in [0.1, 0.15) is 77.0 Å². The van der Waals surface area contributed by atoms with Crippen LogP contribution in [0.2, 0.25) is 0 Å². The Morgan fingerprint density at radius 2 is 1.88 bits per heavy atom. The highest BCUT2D eigenvalue weighted by Crippen LogP contribution is 2.28. The van der Waals surface area contributed by atoms with Gasteiger partial charge in [-0.25, -0.2) is 4.79 Å². The van der Waals surface area contributed by atoms with Crippen molar-refractivity contribution in [2.45, 2.75) is 89.2 Å². The minimum atomic E-state index is -0.728. The number of carboxylic acid groups (broad SMARTS) is 1. The lowest BCUT2D eigenvalue weighted by atomic mass is 9.84. The summed E-state index contributed by atoms with van der Waals surface area (Å²) in [6.07, 6.45) is 11.2. The van der Waals surface area contributed by atoms with E-state index in [2.05, 4.69) is 5.32 Å². The van der Waals surface area contributed by atoms with Crippen molar-refractivity contribution < 1.29 is 19.8 Å². The van der Waals surface area contributed by atoms with Crippen LogP contribution < -0.4 is 5.32 Å². The highest BCUT2D eigenvalue weighted by molar-refractivity contribution is 5.76. The van der Waals surface area contributed by atoms with Gasteiger partial charge >= 0.3 is 12.0 Å². The molecule has 2 atom stereocenters. The number of unbranched alkanes of at least 4 members (excludes halogenated alkanes) is 3. The molecule has 6 nitrogen and oxygen atoms in total. The van der Waals surface area contributed by atoms with Crippen LogP contribution in [-0.2, 0) is 4.79 Å². The van der Waals surface area contributed by atoms with Gasteiger partial charge in [0.2, 0.25) is 0 Å². The van der Waals surface area contributed by atoms with E-state index >= 15 is 0 Å². The van der Waals surface area contributed by atoms with Gasteiger partial charge in [0, 0.05) is 19.5 Å². The summed E-state index contributed by atoms with van der Waals surface area (Å²) in [5.41, 5.74) is 0. The summed E-state index contributed by atoms with van der Waals surface area (Å²) in [7, 11) is 0. The fraction of sp³-hybridized carbons (Fsp3) is 0.895. The molecular formula is C19H34N2O4.